The van der Waals surface area contributed by atoms with Crippen LogP contribution < -0.4 is 0 Å². The van der Waals surface area contributed by atoms with Crippen molar-refractivity contribution in [1.82, 2.24) is 4.90 Å². The van der Waals surface area contributed by atoms with Crippen LogP contribution in [0.2, 0.25) is 0 Å². The fourth-order valence-electron chi connectivity index (χ4n) is 2.20. The Morgan fingerprint density at radius 2 is 2.18 bits per heavy atom. The first kappa shape index (κ1) is 14.0. The summed E-state index contributed by atoms with van der Waals surface area (Å²) in [7, 11) is 1.58. The molecular weight excluding hydrogens is 222 g/mol. The SMILES string of the molecule is COCCC(=O)N1CCC[C@H](CCC(=O)O)C1. The molecule has 0 aromatic rings. The Hall–Kier alpha value is -1.10. The highest BCUT2D eigenvalue weighted by Crippen LogP contribution is 2.21. The van der Waals surface area contributed by atoms with Gasteiger partial charge < -0.3 is 14.7 Å². The number of nitrogens with zero attached hydrogens (tertiary/aromatic N) is 1. The zero-order valence-corrected chi connectivity index (χ0v) is 10.4. The summed E-state index contributed by atoms with van der Waals surface area (Å²) in [5.41, 5.74) is 0. The minimum absolute atomic E-state index is 0.117. The number of carboxylic acids is 1. The van der Waals surface area contributed by atoms with Crippen LogP contribution >= 0.6 is 0 Å². The molecule has 1 rings (SSSR count). The van der Waals surface area contributed by atoms with Crippen molar-refractivity contribution in [2.45, 2.75) is 32.1 Å². The Morgan fingerprint density at radius 3 is 2.82 bits per heavy atom. The molecule has 1 fully saturated rings. The number of carboxylic acid groups (broad SMARTS) is 1. The number of carbonyl (C=O) groups excluding carboxylic acids is 1. The van der Waals surface area contributed by atoms with Crippen LogP contribution in [0, 0.1) is 5.92 Å². The predicted molar refractivity (Wildman–Crippen MR) is 62.7 cm³/mol. The molecule has 1 aliphatic rings. The molecular formula is C12H21NO4. The van der Waals surface area contributed by atoms with E-state index < -0.39 is 5.97 Å². The molecule has 5 nitrogen and oxygen atoms in total. The van der Waals surface area contributed by atoms with Gasteiger partial charge in [-0.05, 0) is 25.2 Å². The van der Waals surface area contributed by atoms with Crippen LogP contribution in [-0.4, -0.2) is 48.7 Å². The molecule has 0 unspecified atom stereocenters. The summed E-state index contributed by atoms with van der Waals surface area (Å²) in [6, 6.07) is 0. The van der Waals surface area contributed by atoms with E-state index in [0.717, 1.165) is 19.4 Å². The summed E-state index contributed by atoms with van der Waals surface area (Å²) in [6.07, 6.45) is 3.29. The van der Waals surface area contributed by atoms with E-state index in [1.807, 2.05) is 4.90 Å². The number of aliphatic carboxylic acids is 1. The average molecular weight is 243 g/mol. The summed E-state index contributed by atoms with van der Waals surface area (Å²) < 4.78 is 4.88. The molecule has 1 heterocycles. The number of rotatable bonds is 6. The van der Waals surface area contributed by atoms with E-state index in [2.05, 4.69) is 0 Å². The fourth-order valence-corrected chi connectivity index (χ4v) is 2.20. The van der Waals surface area contributed by atoms with Crippen molar-refractivity contribution in [2.75, 3.05) is 26.8 Å². The van der Waals surface area contributed by atoms with Gasteiger partial charge in [-0.1, -0.05) is 0 Å². The van der Waals surface area contributed by atoms with E-state index >= 15 is 0 Å². The van der Waals surface area contributed by atoms with Crippen LogP contribution in [0.25, 0.3) is 0 Å². The largest absolute Gasteiger partial charge is 0.481 e. The Bertz CT molecular complexity index is 267. The molecule has 1 aliphatic heterocycles. The van der Waals surface area contributed by atoms with E-state index in [1.165, 1.54) is 0 Å². The Morgan fingerprint density at radius 1 is 1.41 bits per heavy atom. The van der Waals surface area contributed by atoms with E-state index in [9.17, 15) is 9.59 Å². The van der Waals surface area contributed by atoms with Crippen molar-refractivity contribution in [3.05, 3.63) is 0 Å². The zero-order valence-electron chi connectivity index (χ0n) is 10.4. The molecule has 0 spiro atoms. The molecule has 0 aliphatic carbocycles. The lowest BCUT2D eigenvalue weighted by molar-refractivity contribution is -0.137. The van der Waals surface area contributed by atoms with Crippen LogP contribution in [0.4, 0.5) is 0 Å². The molecule has 1 amide bonds. The minimum atomic E-state index is -0.757. The van der Waals surface area contributed by atoms with Gasteiger partial charge in [0.15, 0.2) is 0 Å². The monoisotopic (exact) mass is 243 g/mol. The Balaban J connectivity index is 2.32. The molecule has 0 aromatic heterocycles. The second-order valence-electron chi connectivity index (χ2n) is 4.52. The smallest absolute Gasteiger partial charge is 0.303 e. The number of amides is 1. The van der Waals surface area contributed by atoms with E-state index in [0.29, 0.717) is 31.9 Å². The van der Waals surface area contributed by atoms with Crippen molar-refractivity contribution in [3.8, 4) is 0 Å². The second-order valence-corrected chi connectivity index (χ2v) is 4.52. The normalized spacial score (nSPS) is 20.3. The third-order valence-corrected chi connectivity index (χ3v) is 3.16. The molecule has 5 heteroatoms. The third-order valence-electron chi connectivity index (χ3n) is 3.16. The van der Waals surface area contributed by atoms with Crippen LogP contribution in [0.15, 0.2) is 0 Å². The number of likely N-dealkylation sites (tertiary alicyclic amines) is 1. The van der Waals surface area contributed by atoms with Gasteiger partial charge in [-0.25, -0.2) is 0 Å². The average Bonchev–Trinajstić information content (AvgIpc) is 2.33. The highest BCUT2D eigenvalue weighted by Gasteiger charge is 2.23. The summed E-state index contributed by atoms with van der Waals surface area (Å²) in [4.78, 5) is 24.1. The minimum Gasteiger partial charge on any atom is -0.481 e. The van der Waals surface area contributed by atoms with Crippen molar-refractivity contribution < 1.29 is 19.4 Å². The molecule has 0 saturated carbocycles. The summed E-state index contributed by atoms with van der Waals surface area (Å²) in [5.74, 6) is -0.300. The molecule has 0 bridgehead atoms. The molecule has 17 heavy (non-hydrogen) atoms. The number of carbonyl (C=O) groups is 2. The number of methoxy groups -OCH3 is 1. The van der Waals surface area contributed by atoms with Crippen molar-refractivity contribution in [2.24, 2.45) is 5.92 Å². The van der Waals surface area contributed by atoms with Crippen molar-refractivity contribution in [3.63, 3.8) is 0 Å². The molecule has 0 aromatic carbocycles. The molecule has 1 saturated heterocycles. The summed E-state index contributed by atoms with van der Waals surface area (Å²) in [6.45, 7) is 1.96. The quantitative estimate of drug-likeness (QED) is 0.759. The molecule has 98 valence electrons. The maximum atomic E-state index is 11.8. The van der Waals surface area contributed by atoms with Gasteiger partial charge in [0.1, 0.15) is 0 Å². The van der Waals surface area contributed by atoms with Gasteiger partial charge in [0, 0.05) is 26.6 Å². The van der Waals surface area contributed by atoms with Gasteiger partial charge in [0.25, 0.3) is 0 Å². The number of hydrogen-bond donors (Lipinski definition) is 1. The highest BCUT2D eigenvalue weighted by atomic mass is 16.5. The Kier molecular flexibility index (Phi) is 5.97. The molecule has 0 radical (unpaired) electrons. The van der Waals surface area contributed by atoms with Crippen LogP contribution in [0.3, 0.4) is 0 Å². The lowest BCUT2D eigenvalue weighted by Gasteiger charge is -2.32. The van der Waals surface area contributed by atoms with Gasteiger partial charge in [-0.15, -0.1) is 0 Å². The predicted octanol–water partition coefficient (Wildman–Crippen LogP) is 1.13. The van der Waals surface area contributed by atoms with Gasteiger partial charge in [0.05, 0.1) is 13.0 Å². The van der Waals surface area contributed by atoms with Crippen LogP contribution in [0.1, 0.15) is 32.1 Å². The van der Waals surface area contributed by atoms with Gasteiger partial charge in [-0.3, -0.25) is 9.59 Å². The number of hydrogen-bond acceptors (Lipinski definition) is 3. The third kappa shape index (κ3) is 5.17. The summed E-state index contributed by atoms with van der Waals surface area (Å²) in [5, 5.41) is 8.64. The fraction of sp³-hybridized carbons (Fsp3) is 0.833. The first-order valence-corrected chi connectivity index (χ1v) is 6.12. The summed E-state index contributed by atoms with van der Waals surface area (Å²) >= 11 is 0. The standard InChI is InChI=1S/C12H21NO4/c1-17-8-6-11(14)13-7-2-3-10(9-13)4-5-12(15)16/h10H,2-9H2,1H3,(H,15,16)/t10-/m1/s1. The van der Waals surface area contributed by atoms with E-state index in [-0.39, 0.29) is 12.3 Å². The first-order valence-electron chi connectivity index (χ1n) is 6.12. The zero-order chi connectivity index (χ0) is 12.7. The maximum Gasteiger partial charge on any atom is 0.303 e. The maximum absolute atomic E-state index is 11.8. The van der Waals surface area contributed by atoms with Gasteiger partial charge in [-0.2, -0.15) is 0 Å². The lowest BCUT2D eigenvalue weighted by Crippen LogP contribution is -2.40. The topological polar surface area (TPSA) is 66.8 Å². The molecule has 1 atom stereocenters. The van der Waals surface area contributed by atoms with Crippen molar-refractivity contribution >= 4 is 11.9 Å². The highest BCUT2D eigenvalue weighted by molar-refractivity contribution is 5.76. The Labute approximate surface area is 102 Å². The lowest BCUT2D eigenvalue weighted by atomic mass is 9.93. The van der Waals surface area contributed by atoms with Crippen LogP contribution in [-0.2, 0) is 14.3 Å². The molecule has 1 N–H and O–H groups in total. The van der Waals surface area contributed by atoms with E-state index in [4.69, 9.17) is 9.84 Å². The van der Waals surface area contributed by atoms with Gasteiger partial charge >= 0.3 is 5.97 Å². The van der Waals surface area contributed by atoms with Crippen LogP contribution in [0.5, 0.6) is 0 Å². The number of piperidine rings is 1. The second kappa shape index (κ2) is 7.27. The van der Waals surface area contributed by atoms with Crippen molar-refractivity contribution in [1.29, 1.82) is 0 Å². The number of ether oxygens (including phenoxy) is 1. The first-order chi connectivity index (χ1) is 8.13. The van der Waals surface area contributed by atoms with Gasteiger partial charge in [0.2, 0.25) is 5.91 Å². The van der Waals surface area contributed by atoms with E-state index in [1.54, 1.807) is 7.11 Å².